The number of carbonyl (C=O) groups excluding carboxylic acids is 1. The second-order valence-corrected chi connectivity index (χ2v) is 2.93. The Morgan fingerprint density at radius 2 is 2.33 bits per heavy atom. The average Bonchev–Trinajstić information content (AvgIpc) is 2.09. The summed E-state index contributed by atoms with van der Waals surface area (Å²) in [5.74, 6) is 0.509. The van der Waals surface area contributed by atoms with Gasteiger partial charge in [-0.1, -0.05) is 6.07 Å². The molecule has 0 saturated heterocycles. The van der Waals surface area contributed by atoms with E-state index in [1.807, 2.05) is 12.1 Å². The van der Waals surface area contributed by atoms with Gasteiger partial charge in [0, 0.05) is 7.05 Å². The lowest BCUT2D eigenvalue weighted by Crippen LogP contribution is -1.96. The maximum atomic E-state index is 10.1. The Bertz CT molecular complexity index is 288. The summed E-state index contributed by atoms with van der Waals surface area (Å²) < 4.78 is 5.52. The van der Waals surface area contributed by atoms with Gasteiger partial charge < -0.3 is 10.1 Å². The standard InChI is InChI=1S/C8H8BrNO2/c1-10-7-4-2-3-6(9)8(7)12-5-11/h2-5,10H,1H3. The smallest absolute Gasteiger partial charge is 0.298 e. The normalized spacial score (nSPS) is 9.17. The molecule has 0 saturated carbocycles. The molecule has 1 N–H and O–H groups in total. The third-order valence-corrected chi connectivity index (χ3v) is 2.03. The lowest BCUT2D eigenvalue weighted by atomic mass is 10.3. The number of para-hydroxylation sites is 1. The van der Waals surface area contributed by atoms with Crippen LogP contribution in [0.15, 0.2) is 22.7 Å². The van der Waals surface area contributed by atoms with Crippen molar-refractivity contribution in [2.24, 2.45) is 0 Å². The first-order valence-electron chi connectivity index (χ1n) is 3.36. The van der Waals surface area contributed by atoms with Crippen molar-refractivity contribution >= 4 is 28.1 Å². The third-order valence-electron chi connectivity index (χ3n) is 1.40. The molecule has 4 heteroatoms. The average molecular weight is 230 g/mol. The van der Waals surface area contributed by atoms with Crippen molar-refractivity contribution in [3.8, 4) is 5.75 Å². The summed E-state index contributed by atoms with van der Waals surface area (Å²) in [6.45, 7) is 0.404. The number of ether oxygens (including phenoxy) is 1. The first-order valence-corrected chi connectivity index (χ1v) is 4.15. The molecule has 1 aromatic carbocycles. The molecular weight excluding hydrogens is 222 g/mol. The number of halogens is 1. The molecule has 1 rings (SSSR count). The Kier molecular flexibility index (Phi) is 3.10. The molecule has 0 spiro atoms. The van der Waals surface area contributed by atoms with Crippen LogP contribution in [0.4, 0.5) is 5.69 Å². The van der Waals surface area contributed by atoms with E-state index in [2.05, 4.69) is 21.2 Å². The minimum atomic E-state index is 0.404. The van der Waals surface area contributed by atoms with Crippen molar-refractivity contribution in [3.05, 3.63) is 22.7 Å². The summed E-state index contributed by atoms with van der Waals surface area (Å²) >= 11 is 3.27. The number of hydrogen-bond donors (Lipinski definition) is 1. The lowest BCUT2D eigenvalue weighted by Gasteiger charge is -2.07. The molecule has 0 bridgehead atoms. The van der Waals surface area contributed by atoms with E-state index in [0.717, 1.165) is 10.2 Å². The molecule has 0 fully saturated rings. The number of nitrogens with one attached hydrogen (secondary N) is 1. The van der Waals surface area contributed by atoms with Gasteiger partial charge in [0.25, 0.3) is 6.47 Å². The molecule has 64 valence electrons. The van der Waals surface area contributed by atoms with E-state index in [1.54, 1.807) is 13.1 Å². The molecule has 0 aliphatic rings. The maximum absolute atomic E-state index is 10.1. The van der Waals surface area contributed by atoms with Crippen LogP contribution in [-0.4, -0.2) is 13.5 Å². The van der Waals surface area contributed by atoms with E-state index in [9.17, 15) is 4.79 Å². The Hall–Kier alpha value is -1.03. The van der Waals surface area contributed by atoms with Crippen LogP contribution in [0.5, 0.6) is 5.75 Å². The van der Waals surface area contributed by atoms with Gasteiger partial charge in [0.05, 0.1) is 10.2 Å². The number of anilines is 1. The van der Waals surface area contributed by atoms with Crippen molar-refractivity contribution < 1.29 is 9.53 Å². The molecule has 0 unspecified atom stereocenters. The zero-order chi connectivity index (χ0) is 8.97. The van der Waals surface area contributed by atoms with Crippen LogP contribution >= 0.6 is 15.9 Å². The largest absolute Gasteiger partial charge is 0.425 e. The van der Waals surface area contributed by atoms with Gasteiger partial charge in [0.15, 0.2) is 5.75 Å². The predicted molar refractivity (Wildman–Crippen MR) is 50.4 cm³/mol. The van der Waals surface area contributed by atoms with E-state index < -0.39 is 0 Å². The first kappa shape index (κ1) is 9.06. The quantitative estimate of drug-likeness (QED) is 0.807. The van der Waals surface area contributed by atoms with Crippen LogP contribution in [0.3, 0.4) is 0 Å². The van der Waals surface area contributed by atoms with Gasteiger partial charge in [-0.05, 0) is 28.1 Å². The summed E-state index contributed by atoms with van der Waals surface area (Å²) in [6.07, 6.45) is 0. The Labute approximate surface area is 78.9 Å². The first-order chi connectivity index (χ1) is 5.79. The van der Waals surface area contributed by atoms with E-state index >= 15 is 0 Å². The van der Waals surface area contributed by atoms with E-state index in [0.29, 0.717) is 12.2 Å². The van der Waals surface area contributed by atoms with Gasteiger partial charge in [-0.15, -0.1) is 0 Å². The molecule has 12 heavy (non-hydrogen) atoms. The molecule has 0 aromatic heterocycles. The van der Waals surface area contributed by atoms with Crippen LogP contribution < -0.4 is 10.1 Å². The van der Waals surface area contributed by atoms with E-state index in [4.69, 9.17) is 4.74 Å². The van der Waals surface area contributed by atoms with Crippen LogP contribution in [0.2, 0.25) is 0 Å². The van der Waals surface area contributed by atoms with Crippen molar-refractivity contribution in [3.63, 3.8) is 0 Å². The summed E-state index contributed by atoms with van der Waals surface area (Å²) in [6, 6.07) is 5.48. The summed E-state index contributed by atoms with van der Waals surface area (Å²) in [7, 11) is 1.76. The topological polar surface area (TPSA) is 38.3 Å². The SMILES string of the molecule is CNc1cccc(Br)c1OC=O. The number of rotatable bonds is 3. The second-order valence-electron chi connectivity index (χ2n) is 2.08. The highest BCUT2D eigenvalue weighted by Crippen LogP contribution is 2.32. The fourth-order valence-electron chi connectivity index (χ4n) is 0.874. The summed E-state index contributed by atoms with van der Waals surface area (Å²) in [5, 5.41) is 2.91. The highest BCUT2D eigenvalue weighted by Gasteiger charge is 2.05. The van der Waals surface area contributed by atoms with Crippen LogP contribution in [-0.2, 0) is 4.79 Å². The van der Waals surface area contributed by atoms with Gasteiger partial charge in [-0.3, -0.25) is 4.79 Å². The number of benzene rings is 1. The van der Waals surface area contributed by atoms with Gasteiger partial charge >= 0.3 is 0 Å². The van der Waals surface area contributed by atoms with Crippen LogP contribution in [0.25, 0.3) is 0 Å². The summed E-state index contributed by atoms with van der Waals surface area (Å²) in [4.78, 5) is 10.1. The number of hydrogen-bond acceptors (Lipinski definition) is 3. The monoisotopic (exact) mass is 229 g/mol. The molecule has 0 heterocycles. The van der Waals surface area contributed by atoms with Crippen LogP contribution in [0.1, 0.15) is 0 Å². The highest BCUT2D eigenvalue weighted by atomic mass is 79.9. The zero-order valence-electron chi connectivity index (χ0n) is 6.50. The molecule has 0 radical (unpaired) electrons. The van der Waals surface area contributed by atoms with Crippen molar-refractivity contribution in [2.75, 3.05) is 12.4 Å². The van der Waals surface area contributed by atoms with Gasteiger partial charge in [-0.2, -0.15) is 0 Å². The van der Waals surface area contributed by atoms with Gasteiger partial charge in [-0.25, -0.2) is 0 Å². The predicted octanol–water partition coefficient (Wildman–Crippen LogP) is 2.03. The second kappa shape index (κ2) is 4.11. The molecule has 0 aliphatic heterocycles. The highest BCUT2D eigenvalue weighted by molar-refractivity contribution is 9.10. The Balaban J connectivity index is 3.10. The number of carbonyl (C=O) groups is 1. The fourth-order valence-corrected chi connectivity index (χ4v) is 1.33. The molecule has 0 aliphatic carbocycles. The van der Waals surface area contributed by atoms with E-state index in [1.165, 1.54) is 0 Å². The molecular formula is C8H8BrNO2. The van der Waals surface area contributed by atoms with Gasteiger partial charge in [0.1, 0.15) is 0 Å². The summed E-state index contributed by atoms with van der Waals surface area (Å²) in [5.41, 5.74) is 0.775. The maximum Gasteiger partial charge on any atom is 0.298 e. The Morgan fingerprint density at radius 3 is 2.92 bits per heavy atom. The molecule has 0 amide bonds. The molecule has 3 nitrogen and oxygen atoms in total. The van der Waals surface area contributed by atoms with Crippen molar-refractivity contribution in [1.29, 1.82) is 0 Å². The van der Waals surface area contributed by atoms with Gasteiger partial charge in [0.2, 0.25) is 0 Å². The fraction of sp³-hybridized carbons (Fsp3) is 0.125. The third kappa shape index (κ3) is 1.76. The minimum Gasteiger partial charge on any atom is -0.425 e. The van der Waals surface area contributed by atoms with E-state index in [-0.39, 0.29) is 0 Å². The lowest BCUT2D eigenvalue weighted by molar-refractivity contribution is -0.120. The zero-order valence-corrected chi connectivity index (χ0v) is 8.09. The Morgan fingerprint density at radius 1 is 1.58 bits per heavy atom. The van der Waals surface area contributed by atoms with Crippen LogP contribution in [0, 0.1) is 0 Å². The van der Waals surface area contributed by atoms with Crippen molar-refractivity contribution in [2.45, 2.75) is 0 Å². The molecule has 0 atom stereocenters. The molecule has 1 aromatic rings. The minimum absolute atomic E-state index is 0.404. The van der Waals surface area contributed by atoms with Crippen molar-refractivity contribution in [1.82, 2.24) is 0 Å².